The van der Waals surface area contributed by atoms with Gasteiger partial charge in [-0.3, -0.25) is 10.1 Å². The van der Waals surface area contributed by atoms with Gasteiger partial charge in [-0.05, 0) is 18.1 Å². The van der Waals surface area contributed by atoms with Crippen molar-refractivity contribution >= 4 is 31.5 Å². The lowest BCUT2D eigenvalue weighted by molar-refractivity contribution is -0.385. The van der Waals surface area contributed by atoms with Gasteiger partial charge in [0, 0.05) is 11.4 Å². The van der Waals surface area contributed by atoms with E-state index in [1.54, 1.807) is 19.1 Å². The van der Waals surface area contributed by atoms with Gasteiger partial charge in [-0.2, -0.15) is 0 Å². The van der Waals surface area contributed by atoms with Crippen LogP contribution in [0.25, 0.3) is 0 Å². The summed E-state index contributed by atoms with van der Waals surface area (Å²) < 4.78 is 28.4. The van der Waals surface area contributed by atoms with Crippen molar-refractivity contribution in [2.75, 3.05) is 18.1 Å². The Morgan fingerprint density at radius 2 is 2.05 bits per heavy atom. The number of halogens is 1. The van der Waals surface area contributed by atoms with E-state index >= 15 is 0 Å². The number of rotatable bonds is 8. The Kier molecular flexibility index (Phi) is 6.41. The van der Waals surface area contributed by atoms with Crippen molar-refractivity contribution in [2.24, 2.45) is 0 Å². The molecule has 0 spiro atoms. The Bertz CT molecular complexity index is 573. The average Bonchev–Trinajstić information content (AvgIpc) is 2.37. The molecule has 0 atom stereocenters. The first kappa shape index (κ1) is 16.9. The third-order valence-corrected chi connectivity index (χ3v) is 5.01. The summed E-state index contributed by atoms with van der Waals surface area (Å²) in [5.74, 6) is 0.0508. The molecule has 0 fully saturated rings. The van der Waals surface area contributed by atoms with Crippen molar-refractivity contribution < 1.29 is 18.1 Å². The Labute approximate surface area is 126 Å². The van der Waals surface area contributed by atoms with Crippen molar-refractivity contribution in [3.8, 4) is 5.75 Å². The topological polar surface area (TPSA) is 86.5 Å². The smallest absolute Gasteiger partial charge is 0.310 e. The van der Waals surface area contributed by atoms with Gasteiger partial charge in [0.2, 0.25) is 0 Å². The molecule has 1 rings (SSSR count). The third-order valence-electron chi connectivity index (χ3n) is 2.54. The van der Waals surface area contributed by atoms with E-state index in [1.165, 1.54) is 6.07 Å². The molecular formula is C12H16BrNO5S. The Balaban J connectivity index is 2.78. The van der Waals surface area contributed by atoms with Gasteiger partial charge in [0.15, 0.2) is 15.6 Å². The molecule has 0 aliphatic carbocycles. The van der Waals surface area contributed by atoms with Crippen LogP contribution in [0.1, 0.15) is 18.9 Å². The van der Waals surface area contributed by atoms with Gasteiger partial charge in [0.05, 0.1) is 16.4 Å². The third kappa shape index (κ3) is 5.09. The summed E-state index contributed by atoms with van der Waals surface area (Å²) in [4.78, 5) is 10.3. The summed E-state index contributed by atoms with van der Waals surface area (Å²) in [7, 11) is -3.15. The minimum Gasteiger partial charge on any atom is -0.486 e. The number of nitro groups is 1. The molecular weight excluding hydrogens is 350 g/mol. The highest BCUT2D eigenvalue weighted by molar-refractivity contribution is 9.08. The highest BCUT2D eigenvalue weighted by Gasteiger charge is 2.17. The molecule has 0 radical (unpaired) electrons. The van der Waals surface area contributed by atoms with Gasteiger partial charge >= 0.3 is 5.69 Å². The molecule has 0 aliphatic heterocycles. The molecule has 1 aromatic rings. The van der Waals surface area contributed by atoms with E-state index < -0.39 is 14.8 Å². The second-order valence-corrected chi connectivity index (χ2v) is 7.06. The second kappa shape index (κ2) is 7.58. The van der Waals surface area contributed by atoms with Gasteiger partial charge in [-0.25, -0.2) is 8.42 Å². The molecule has 0 amide bonds. The van der Waals surface area contributed by atoms with Crippen LogP contribution in [-0.2, 0) is 15.2 Å². The summed E-state index contributed by atoms with van der Waals surface area (Å²) in [5.41, 5.74) is 0.657. The number of ether oxygens (including phenoxy) is 1. The Hall–Kier alpha value is -1.15. The quantitative estimate of drug-likeness (QED) is 0.401. The van der Waals surface area contributed by atoms with E-state index in [9.17, 15) is 18.5 Å². The van der Waals surface area contributed by atoms with E-state index in [1.807, 2.05) is 0 Å². The van der Waals surface area contributed by atoms with Crippen LogP contribution in [0.3, 0.4) is 0 Å². The minimum absolute atomic E-state index is 0.0884. The van der Waals surface area contributed by atoms with E-state index in [-0.39, 0.29) is 29.5 Å². The molecule has 0 saturated carbocycles. The fraction of sp³-hybridized carbons (Fsp3) is 0.500. The maximum absolute atomic E-state index is 11.5. The summed E-state index contributed by atoms with van der Waals surface area (Å²) in [6, 6.07) is 4.51. The molecule has 0 saturated heterocycles. The van der Waals surface area contributed by atoms with E-state index in [0.717, 1.165) is 5.56 Å². The molecule has 6 nitrogen and oxygen atoms in total. The number of sulfone groups is 1. The normalized spacial score (nSPS) is 11.3. The maximum Gasteiger partial charge on any atom is 0.310 e. The molecule has 112 valence electrons. The standard InChI is InChI=1S/C12H16BrNO5S/c1-2-6-20(17,18)7-5-19-12-8-10(9-13)3-4-11(12)14(15)16/h3-4,8H,2,5-7,9H2,1H3. The van der Waals surface area contributed by atoms with Gasteiger partial charge in [-0.15, -0.1) is 0 Å². The molecule has 0 N–H and O–H groups in total. The second-order valence-electron chi connectivity index (χ2n) is 4.19. The zero-order valence-corrected chi connectivity index (χ0v) is 13.4. The average molecular weight is 366 g/mol. The first-order valence-electron chi connectivity index (χ1n) is 6.06. The minimum atomic E-state index is -3.15. The molecule has 8 heteroatoms. The number of benzene rings is 1. The molecule has 0 aromatic heterocycles. The lowest BCUT2D eigenvalue weighted by Gasteiger charge is -2.08. The Morgan fingerprint density at radius 1 is 1.35 bits per heavy atom. The van der Waals surface area contributed by atoms with Gasteiger partial charge < -0.3 is 4.74 Å². The number of hydrogen-bond acceptors (Lipinski definition) is 5. The van der Waals surface area contributed by atoms with Crippen LogP contribution in [0.2, 0.25) is 0 Å². The number of hydrogen-bond donors (Lipinski definition) is 0. The fourth-order valence-corrected chi connectivity index (χ4v) is 3.11. The van der Waals surface area contributed by atoms with Crippen LogP contribution >= 0.6 is 15.9 Å². The molecule has 0 heterocycles. The predicted molar refractivity (Wildman–Crippen MR) is 80.2 cm³/mol. The SMILES string of the molecule is CCCS(=O)(=O)CCOc1cc(CBr)ccc1[N+](=O)[O-]. The van der Waals surface area contributed by atoms with Crippen LogP contribution < -0.4 is 4.74 Å². The van der Waals surface area contributed by atoms with Gasteiger partial charge in [-0.1, -0.05) is 28.9 Å². The largest absolute Gasteiger partial charge is 0.486 e. The number of alkyl halides is 1. The highest BCUT2D eigenvalue weighted by Crippen LogP contribution is 2.28. The highest BCUT2D eigenvalue weighted by atomic mass is 79.9. The lowest BCUT2D eigenvalue weighted by atomic mass is 10.2. The van der Waals surface area contributed by atoms with E-state index in [0.29, 0.717) is 11.8 Å². The molecule has 0 unspecified atom stereocenters. The summed E-state index contributed by atoms with van der Waals surface area (Å²) in [6.45, 7) is 1.69. The monoisotopic (exact) mass is 365 g/mol. The number of nitrogens with zero attached hydrogens (tertiary/aromatic N) is 1. The maximum atomic E-state index is 11.5. The van der Waals surface area contributed by atoms with Crippen LogP contribution in [-0.4, -0.2) is 31.5 Å². The first-order valence-corrected chi connectivity index (χ1v) is 9.00. The van der Waals surface area contributed by atoms with Crippen molar-refractivity contribution in [3.05, 3.63) is 33.9 Å². The van der Waals surface area contributed by atoms with Crippen molar-refractivity contribution in [2.45, 2.75) is 18.7 Å². The Morgan fingerprint density at radius 3 is 2.60 bits per heavy atom. The zero-order valence-electron chi connectivity index (χ0n) is 11.0. The summed E-state index contributed by atoms with van der Waals surface area (Å²) in [5, 5.41) is 11.4. The van der Waals surface area contributed by atoms with Crippen LogP contribution in [0.5, 0.6) is 5.75 Å². The van der Waals surface area contributed by atoms with Crippen LogP contribution in [0, 0.1) is 10.1 Å². The van der Waals surface area contributed by atoms with E-state index in [2.05, 4.69) is 15.9 Å². The van der Waals surface area contributed by atoms with Crippen molar-refractivity contribution in [1.29, 1.82) is 0 Å². The molecule has 0 aliphatic rings. The fourth-order valence-electron chi connectivity index (χ4n) is 1.60. The molecule has 20 heavy (non-hydrogen) atoms. The predicted octanol–water partition coefficient (Wildman–Crippen LogP) is 2.69. The van der Waals surface area contributed by atoms with Crippen molar-refractivity contribution in [1.82, 2.24) is 0 Å². The summed E-state index contributed by atoms with van der Waals surface area (Å²) in [6.07, 6.45) is 0.543. The summed E-state index contributed by atoms with van der Waals surface area (Å²) >= 11 is 3.25. The van der Waals surface area contributed by atoms with Crippen LogP contribution in [0.4, 0.5) is 5.69 Å². The molecule has 0 bridgehead atoms. The van der Waals surface area contributed by atoms with Crippen LogP contribution in [0.15, 0.2) is 18.2 Å². The van der Waals surface area contributed by atoms with E-state index in [4.69, 9.17) is 4.74 Å². The van der Waals surface area contributed by atoms with Gasteiger partial charge in [0.1, 0.15) is 6.61 Å². The zero-order chi connectivity index (χ0) is 15.2. The van der Waals surface area contributed by atoms with Crippen molar-refractivity contribution in [3.63, 3.8) is 0 Å². The van der Waals surface area contributed by atoms with Gasteiger partial charge in [0.25, 0.3) is 0 Å². The first-order chi connectivity index (χ1) is 9.39. The number of nitro benzene ring substituents is 1. The molecule has 1 aromatic carbocycles. The lowest BCUT2D eigenvalue weighted by Crippen LogP contribution is -2.17.